The minimum absolute atomic E-state index is 0.225. The van der Waals surface area contributed by atoms with E-state index in [1.807, 2.05) is 30.3 Å². The molecule has 0 saturated carbocycles. The van der Waals surface area contributed by atoms with Crippen LogP contribution >= 0.6 is 11.6 Å². The number of halogens is 2. The second-order valence-electron chi connectivity index (χ2n) is 11.4. The predicted molar refractivity (Wildman–Crippen MR) is 164 cm³/mol. The van der Waals surface area contributed by atoms with Crippen LogP contribution in [0.1, 0.15) is 58.7 Å². The van der Waals surface area contributed by atoms with Crippen LogP contribution < -0.4 is 9.47 Å². The Labute approximate surface area is 258 Å². The number of hydrogen-bond acceptors (Lipinski definition) is 6. The molecule has 7 rings (SSSR count). The molecule has 3 aromatic carbocycles. The third kappa shape index (κ3) is 5.27. The Kier molecular flexibility index (Phi) is 7.22. The minimum Gasteiger partial charge on any atom is -0.478 e. The fraction of sp³-hybridized carbons (Fsp3) is 0.265. The average molecular weight is 613 g/mol. The van der Waals surface area contributed by atoms with Gasteiger partial charge in [-0.25, -0.2) is 14.2 Å². The monoisotopic (exact) mass is 612 g/mol. The summed E-state index contributed by atoms with van der Waals surface area (Å²) in [5.41, 5.74) is 3.99. The standard InChI is InChI=1S/C34H30ClFN4O4/c1-34(26-10-9-23(35)18-27(26)36)43-30-7-4-6-25(32(30)44-34)21-12-15-39(16-13-21)20-31-38-28-11-8-22(33(41)42)17-29(28)40(31)19-24-5-2-3-14-37-24/h2-11,14,17-18,21H,12-13,15-16,19-20H2,1H3,(H,41,42). The number of para-hydroxylation sites is 1. The van der Waals surface area contributed by atoms with Gasteiger partial charge in [0.1, 0.15) is 11.6 Å². The first-order chi connectivity index (χ1) is 21.3. The maximum Gasteiger partial charge on any atom is 0.335 e. The molecular weight excluding hydrogens is 583 g/mol. The van der Waals surface area contributed by atoms with E-state index in [0.717, 1.165) is 54.0 Å². The minimum atomic E-state index is -1.29. The number of ether oxygens (including phenoxy) is 2. The number of pyridine rings is 1. The fourth-order valence-electron chi connectivity index (χ4n) is 6.30. The average Bonchev–Trinajstić information content (AvgIpc) is 3.54. The highest BCUT2D eigenvalue weighted by atomic mass is 35.5. The Bertz CT molecular complexity index is 1870. The van der Waals surface area contributed by atoms with E-state index in [0.29, 0.717) is 35.2 Å². The number of fused-ring (bicyclic) bond motifs is 2. The molecule has 1 fully saturated rings. The van der Waals surface area contributed by atoms with Gasteiger partial charge in [0.2, 0.25) is 0 Å². The maximum absolute atomic E-state index is 14.8. The van der Waals surface area contributed by atoms with Crippen molar-refractivity contribution in [1.82, 2.24) is 19.4 Å². The first-order valence-corrected chi connectivity index (χ1v) is 15.0. The molecule has 2 aliphatic heterocycles. The van der Waals surface area contributed by atoms with Crippen molar-refractivity contribution < 1.29 is 23.8 Å². The summed E-state index contributed by atoms with van der Waals surface area (Å²) < 4.78 is 29.4. The second kappa shape index (κ2) is 11.2. The van der Waals surface area contributed by atoms with Gasteiger partial charge in [-0.3, -0.25) is 9.88 Å². The van der Waals surface area contributed by atoms with Gasteiger partial charge >= 0.3 is 5.97 Å². The highest BCUT2D eigenvalue weighted by Crippen LogP contribution is 2.49. The Morgan fingerprint density at radius 2 is 1.89 bits per heavy atom. The molecule has 0 amide bonds. The smallest absolute Gasteiger partial charge is 0.335 e. The van der Waals surface area contributed by atoms with Gasteiger partial charge in [0.25, 0.3) is 5.79 Å². The topological polar surface area (TPSA) is 89.7 Å². The molecule has 1 unspecified atom stereocenters. The van der Waals surface area contributed by atoms with E-state index >= 15 is 0 Å². The highest BCUT2D eigenvalue weighted by molar-refractivity contribution is 6.30. The molecule has 0 radical (unpaired) electrons. The summed E-state index contributed by atoms with van der Waals surface area (Å²) in [5.74, 6) is -0.365. The van der Waals surface area contributed by atoms with Crippen LogP contribution in [0, 0.1) is 5.82 Å². The highest BCUT2D eigenvalue weighted by Gasteiger charge is 2.43. The molecular formula is C34H30ClFN4O4. The predicted octanol–water partition coefficient (Wildman–Crippen LogP) is 6.99. The fourth-order valence-corrected chi connectivity index (χ4v) is 6.45. The molecule has 4 heterocycles. The molecule has 10 heteroatoms. The molecule has 2 aromatic heterocycles. The van der Waals surface area contributed by atoms with E-state index in [1.54, 1.807) is 43.5 Å². The Hall–Kier alpha value is -4.47. The van der Waals surface area contributed by atoms with Gasteiger partial charge in [-0.2, -0.15) is 0 Å². The third-order valence-electron chi connectivity index (χ3n) is 8.54. The van der Waals surface area contributed by atoms with Crippen molar-refractivity contribution in [3.8, 4) is 11.5 Å². The zero-order valence-electron chi connectivity index (χ0n) is 24.0. The van der Waals surface area contributed by atoms with E-state index in [4.69, 9.17) is 26.1 Å². The molecule has 1 saturated heterocycles. The van der Waals surface area contributed by atoms with Gasteiger partial charge in [0.15, 0.2) is 11.5 Å². The van der Waals surface area contributed by atoms with Crippen molar-refractivity contribution in [3.05, 3.63) is 118 Å². The summed E-state index contributed by atoms with van der Waals surface area (Å²) in [7, 11) is 0. The lowest BCUT2D eigenvalue weighted by atomic mass is 9.88. The lowest BCUT2D eigenvalue weighted by Crippen LogP contribution is -2.34. The van der Waals surface area contributed by atoms with Crippen LogP contribution in [0.5, 0.6) is 11.5 Å². The van der Waals surface area contributed by atoms with Gasteiger partial charge in [0.05, 0.1) is 40.9 Å². The van der Waals surface area contributed by atoms with Gasteiger partial charge < -0.3 is 19.1 Å². The number of aromatic carboxylic acids is 1. The maximum atomic E-state index is 14.8. The van der Waals surface area contributed by atoms with E-state index in [1.165, 1.54) is 6.07 Å². The molecule has 1 atom stereocenters. The molecule has 2 aliphatic rings. The largest absolute Gasteiger partial charge is 0.478 e. The third-order valence-corrected chi connectivity index (χ3v) is 8.78. The molecule has 224 valence electrons. The molecule has 0 spiro atoms. The number of imidazole rings is 1. The summed E-state index contributed by atoms with van der Waals surface area (Å²) in [5, 5.41) is 9.91. The molecule has 0 aliphatic carbocycles. The summed E-state index contributed by atoms with van der Waals surface area (Å²) in [4.78, 5) is 23.5. The molecule has 0 bridgehead atoms. The first-order valence-electron chi connectivity index (χ1n) is 14.6. The van der Waals surface area contributed by atoms with Crippen molar-refractivity contribution in [1.29, 1.82) is 0 Å². The number of aromatic nitrogens is 3. The van der Waals surface area contributed by atoms with Gasteiger partial charge in [0, 0.05) is 23.7 Å². The zero-order valence-corrected chi connectivity index (χ0v) is 24.8. The van der Waals surface area contributed by atoms with Crippen molar-refractivity contribution in [2.24, 2.45) is 0 Å². The second-order valence-corrected chi connectivity index (χ2v) is 11.9. The van der Waals surface area contributed by atoms with Crippen molar-refractivity contribution in [2.45, 2.75) is 44.6 Å². The van der Waals surface area contributed by atoms with E-state index in [9.17, 15) is 14.3 Å². The van der Waals surface area contributed by atoms with E-state index in [2.05, 4.69) is 20.5 Å². The van der Waals surface area contributed by atoms with Crippen molar-refractivity contribution in [2.75, 3.05) is 13.1 Å². The van der Waals surface area contributed by atoms with E-state index < -0.39 is 17.6 Å². The summed E-state index contributed by atoms with van der Waals surface area (Å²) in [6, 6.07) is 21.2. The Balaban J connectivity index is 1.10. The van der Waals surface area contributed by atoms with Crippen LogP contribution in [0.3, 0.4) is 0 Å². The molecule has 44 heavy (non-hydrogen) atoms. The Morgan fingerprint density at radius 3 is 2.64 bits per heavy atom. The number of likely N-dealkylation sites (tertiary alicyclic amines) is 1. The number of carbonyl (C=O) groups is 1. The van der Waals surface area contributed by atoms with Crippen LogP contribution in [0.25, 0.3) is 11.0 Å². The van der Waals surface area contributed by atoms with Gasteiger partial charge in [-0.1, -0.05) is 29.8 Å². The summed E-state index contributed by atoms with van der Waals surface area (Å²) in [6.45, 7) is 4.52. The van der Waals surface area contributed by atoms with Gasteiger partial charge in [-0.15, -0.1) is 0 Å². The SMILES string of the molecule is CC1(c2ccc(Cl)cc2F)Oc2cccc(C3CCN(Cc4nc5ccc(C(=O)O)cc5n4Cc4ccccn4)CC3)c2O1. The number of carboxylic acids is 1. The summed E-state index contributed by atoms with van der Waals surface area (Å²) in [6.07, 6.45) is 3.55. The number of piperidine rings is 1. The normalized spacial score (nSPS) is 18.6. The van der Waals surface area contributed by atoms with Crippen LogP contribution in [0.15, 0.2) is 79.0 Å². The number of benzene rings is 3. The quantitative estimate of drug-likeness (QED) is 0.212. The van der Waals surface area contributed by atoms with Crippen LogP contribution in [-0.4, -0.2) is 43.6 Å². The lowest BCUT2D eigenvalue weighted by Gasteiger charge is -2.32. The number of rotatable bonds is 7. The van der Waals surface area contributed by atoms with E-state index in [-0.39, 0.29) is 11.5 Å². The Morgan fingerprint density at radius 1 is 1.05 bits per heavy atom. The lowest BCUT2D eigenvalue weighted by molar-refractivity contribution is -0.0712. The molecule has 1 N–H and O–H groups in total. The number of nitrogens with zero attached hydrogens (tertiary/aromatic N) is 4. The first kappa shape index (κ1) is 28.3. The van der Waals surface area contributed by atoms with Gasteiger partial charge in [-0.05, 0) is 86.4 Å². The van der Waals surface area contributed by atoms with Crippen molar-refractivity contribution >= 4 is 28.6 Å². The summed E-state index contributed by atoms with van der Waals surface area (Å²) >= 11 is 5.98. The molecule has 8 nitrogen and oxygen atoms in total. The zero-order chi connectivity index (χ0) is 30.4. The molecule has 5 aromatic rings. The van der Waals surface area contributed by atoms with Crippen LogP contribution in [-0.2, 0) is 18.9 Å². The number of carboxylic acid groups (broad SMARTS) is 1. The van der Waals surface area contributed by atoms with Crippen LogP contribution in [0.4, 0.5) is 4.39 Å². The van der Waals surface area contributed by atoms with Crippen LogP contribution in [0.2, 0.25) is 5.02 Å². The van der Waals surface area contributed by atoms with Crippen molar-refractivity contribution in [3.63, 3.8) is 0 Å². The number of hydrogen-bond donors (Lipinski definition) is 1.